The summed E-state index contributed by atoms with van der Waals surface area (Å²) >= 11 is 0. The summed E-state index contributed by atoms with van der Waals surface area (Å²) in [4.78, 5) is 27.7. The highest BCUT2D eigenvalue weighted by Crippen LogP contribution is 2.23. The molecule has 0 aliphatic carbocycles. The summed E-state index contributed by atoms with van der Waals surface area (Å²) in [6.07, 6.45) is 3.60. The molecule has 0 bridgehead atoms. The van der Waals surface area contributed by atoms with Crippen LogP contribution in [0, 0.1) is 0 Å². The number of morpholine rings is 1. The Bertz CT molecular complexity index is 957. The second kappa shape index (κ2) is 8.63. The van der Waals surface area contributed by atoms with Crippen LogP contribution in [0.3, 0.4) is 0 Å². The van der Waals surface area contributed by atoms with Crippen molar-refractivity contribution in [2.75, 3.05) is 42.5 Å². The van der Waals surface area contributed by atoms with Gasteiger partial charge in [-0.2, -0.15) is 0 Å². The first-order valence-corrected chi connectivity index (χ1v) is 11.6. The summed E-state index contributed by atoms with van der Waals surface area (Å²) in [5.41, 5.74) is 4.43. The zero-order chi connectivity index (χ0) is 21.4. The van der Waals surface area contributed by atoms with E-state index in [1.165, 1.54) is 37.2 Å². The van der Waals surface area contributed by atoms with Gasteiger partial charge in [0.25, 0.3) is 5.56 Å². The topological polar surface area (TPSA) is 64.7 Å². The summed E-state index contributed by atoms with van der Waals surface area (Å²) in [5.74, 6) is 0.683. The van der Waals surface area contributed by atoms with Gasteiger partial charge in [0.05, 0.1) is 17.9 Å². The number of nitrogens with zero attached hydrogens (tertiary/aromatic N) is 4. The van der Waals surface area contributed by atoms with Gasteiger partial charge in [0, 0.05) is 57.1 Å². The minimum Gasteiger partial charge on any atom is -0.372 e. The number of benzene rings is 1. The molecular weight excluding hydrogens is 390 g/mol. The third-order valence-electron chi connectivity index (χ3n) is 6.67. The maximum absolute atomic E-state index is 12.7. The van der Waals surface area contributed by atoms with Gasteiger partial charge >= 0.3 is 0 Å². The number of rotatable bonds is 4. The van der Waals surface area contributed by atoms with E-state index in [9.17, 15) is 4.79 Å². The van der Waals surface area contributed by atoms with E-state index < -0.39 is 0 Å². The molecule has 2 fully saturated rings. The molecule has 7 nitrogen and oxygen atoms in total. The number of nitrogens with one attached hydrogen (secondary N) is 1. The monoisotopic (exact) mass is 423 g/mol. The molecule has 0 spiro atoms. The summed E-state index contributed by atoms with van der Waals surface area (Å²) in [5, 5.41) is 0. The Kier molecular flexibility index (Phi) is 5.71. The molecule has 5 rings (SSSR count). The fourth-order valence-electron chi connectivity index (χ4n) is 5.16. The van der Waals surface area contributed by atoms with Crippen LogP contribution in [0.25, 0.3) is 0 Å². The standard InChI is InChI=1S/C24H33N5O2/c1-17-13-29(14-18(2)31-17)24-25-22-16-27(12-9-21(22)23(30)26-24)15-19-5-7-20(8-6-19)28-10-3-4-11-28/h5-8,17-18H,3-4,9-16H2,1-2H3,(H,25,26,30)/t17-,18-/m0/s1. The molecule has 31 heavy (non-hydrogen) atoms. The second-order valence-electron chi connectivity index (χ2n) is 9.30. The van der Waals surface area contributed by atoms with E-state index in [2.05, 4.69) is 57.8 Å². The summed E-state index contributed by atoms with van der Waals surface area (Å²) < 4.78 is 5.83. The van der Waals surface area contributed by atoms with Crippen LogP contribution in [0.4, 0.5) is 11.6 Å². The Morgan fingerprint density at radius 2 is 1.74 bits per heavy atom. The van der Waals surface area contributed by atoms with Crippen molar-refractivity contribution in [2.24, 2.45) is 0 Å². The quantitative estimate of drug-likeness (QED) is 0.815. The van der Waals surface area contributed by atoms with Crippen molar-refractivity contribution < 1.29 is 4.74 Å². The van der Waals surface area contributed by atoms with E-state index >= 15 is 0 Å². The highest BCUT2D eigenvalue weighted by molar-refractivity contribution is 5.48. The smallest absolute Gasteiger partial charge is 0.255 e. The minimum absolute atomic E-state index is 0.0152. The molecular formula is C24H33N5O2. The molecule has 3 aliphatic rings. The van der Waals surface area contributed by atoms with Crippen LogP contribution in [-0.2, 0) is 24.2 Å². The van der Waals surface area contributed by atoms with E-state index in [4.69, 9.17) is 9.72 Å². The molecule has 1 N–H and O–H groups in total. The third kappa shape index (κ3) is 4.48. The first kappa shape index (κ1) is 20.5. The van der Waals surface area contributed by atoms with E-state index in [-0.39, 0.29) is 17.8 Å². The number of aromatic amines is 1. The second-order valence-corrected chi connectivity index (χ2v) is 9.30. The average molecular weight is 424 g/mol. The molecule has 0 amide bonds. The van der Waals surface area contributed by atoms with Crippen LogP contribution in [0.5, 0.6) is 0 Å². The molecule has 2 saturated heterocycles. The summed E-state index contributed by atoms with van der Waals surface area (Å²) in [6, 6.07) is 8.99. The van der Waals surface area contributed by atoms with Gasteiger partial charge in [-0.1, -0.05) is 12.1 Å². The number of hydrogen-bond donors (Lipinski definition) is 1. The van der Waals surface area contributed by atoms with Gasteiger partial charge in [0.2, 0.25) is 5.95 Å². The fourth-order valence-corrected chi connectivity index (χ4v) is 5.16. The molecule has 0 saturated carbocycles. The van der Waals surface area contributed by atoms with Crippen LogP contribution >= 0.6 is 0 Å². The molecule has 2 atom stereocenters. The van der Waals surface area contributed by atoms with Gasteiger partial charge < -0.3 is 14.5 Å². The first-order valence-electron chi connectivity index (χ1n) is 11.6. The van der Waals surface area contributed by atoms with Gasteiger partial charge in [-0.25, -0.2) is 4.98 Å². The maximum Gasteiger partial charge on any atom is 0.255 e. The third-order valence-corrected chi connectivity index (χ3v) is 6.67. The van der Waals surface area contributed by atoms with Crippen LogP contribution in [0.2, 0.25) is 0 Å². The zero-order valence-electron chi connectivity index (χ0n) is 18.6. The van der Waals surface area contributed by atoms with Crippen LogP contribution in [0.1, 0.15) is 43.5 Å². The van der Waals surface area contributed by atoms with Crippen molar-refractivity contribution in [3.63, 3.8) is 0 Å². The van der Waals surface area contributed by atoms with Crippen molar-refractivity contribution in [1.29, 1.82) is 0 Å². The predicted octanol–water partition coefficient (Wildman–Crippen LogP) is 2.54. The Labute approximate surface area is 184 Å². The van der Waals surface area contributed by atoms with Gasteiger partial charge in [0.15, 0.2) is 0 Å². The minimum atomic E-state index is 0.0152. The molecule has 3 aliphatic heterocycles. The zero-order valence-corrected chi connectivity index (χ0v) is 18.6. The number of ether oxygens (including phenoxy) is 1. The van der Waals surface area contributed by atoms with Gasteiger partial charge in [-0.3, -0.25) is 14.7 Å². The average Bonchev–Trinajstić information content (AvgIpc) is 3.28. The van der Waals surface area contributed by atoms with Gasteiger partial charge in [0.1, 0.15) is 0 Å². The molecule has 0 unspecified atom stereocenters. The highest BCUT2D eigenvalue weighted by atomic mass is 16.5. The summed E-state index contributed by atoms with van der Waals surface area (Å²) in [7, 11) is 0. The lowest BCUT2D eigenvalue weighted by Crippen LogP contribution is -2.47. The van der Waals surface area contributed by atoms with Crippen molar-refractivity contribution in [1.82, 2.24) is 14.9 Å². The summed E-state index contributed by atoms with van der Waals surface area (Å²) in [6.45, 7) is 10.5. The Balaban J connectivity index is 1.29. The highest BCUT2D eigenvalue weighted by Gasteiger charge is 2.27. The van der Waals surface area contributed by atoms with Crippen molar-refractivity contribution >= 4 is 11.6 Å². The van der Waals surface area contributed by atoms with Crippen LogP contribution in [0.15, 0.2) is 29.1 Å². The van der Waals surface area contributed by atoms with Crippen molar-refractivity contribution in [3.8, 4) is 0 Å². The van der Waals surface area contributed by atoms with Crippen molar-refractivity contribution in [2.45, 2.75) is 58.4 Å². The largest absolute Gasteiger partial charge is 0.372 e. The number of anilines is 2. The van der Waals surface area contributed by atoms with Crippen LogP contribution in [-0.4, -0.2) is 59.8 Å². The number of aromatic nitrogens is 2. The fraction of sp³-hybridized carbons (Fsp3) is 0.583. The number of fused-ring (bicyclic) bond motifs is 1. The van der Waals surface area contributed by atoms with Gasteiger partial charge in [-0.15, -0.1) is 0 Å². The normalized spacial score (nSPS) is 24.5. The molecule has 7 heteroatoms. The Morgan fingerprint density at radius 1 is 1.03 bits per heavy atom. The molecule has 166 valence electrons. The van der Waals surface area contributed by atoms with Crippen LogP contribution < -0.4 is 15.4 Å². The molecule has 2 aromatic rings. The molecule has 1 aromatic carbocycles. The lowest BCUT2D eigenvalue weighted by atomic mass is 10.1. The van der Waals surface area contributed by atoms with E-state index in [0.717, 1.165) is 50.4 Å². The molecule has 4 heterocycles. The van der Waals surface area contributed by atoms with E-state index in [1.54, 1.807) is 0 Å². The van der Waals surface area contributed by atoms with E-state index in [1.807, 2.05) is 0 Å². The van der Waals surface area contributed by atoms with Crippen molar-refractivity contribution in [3.05, 3.63) is 51.4 Å². The van der Waals surface area contributed by atoms with Gasteiger partial charge in [-0.05, 0) is 50.8 Å². The number of hydrogen-bond acceptors (Lipinski definition) is 6. The predicted molar refractivity (Wildman–Crippen MR) is 123 cm³/mol. The first-order chi connectivity index (χ1) is 15.0. The van der Waals surface area contributed by atoms with E-state index in [0.29, 0.717) is 5.95 Å². The number of H-pyrrole nitrogens is 1. The molecule has 1 aromatic heterocycles. The Morgan fingerprint density at radius 3 is 2.45 bits per heavy atom. The lowest BCUT2D eigenvalue weighted by molar-refractivity contribution is -0.00576. The Hall–Kier alpha value is -2.38. The SMILES string of the molecule is C[C@H]1CN(c2nc3c(c(=O)[nH]2)CCN(Cc2ccc(N4CCCC4)cc2)C3)C[C@H](C)O1. The molecule has 0 radical (unpaired) electrons. The maximum atomic E-state index is 12.7. The lowest BCUT2D eigenvalue weighted by Gasteiger charge is -2.36.